The van der Waals surface area contributed by atoms with Crippen molar-refractivity contribution < 1.29 is 4.79 Å². The van der Waals surface area contributed by atoms with Crippen LogP contribution in [0, 0.1) is 6.92 Å². The van der Waals surface area contributed by atoms with Gasteiger partial charge in [-0.2, -0.15) is 0 Å². The van der Waals surface area contributed by atoms with Crippen LogP contribution in [0.5, 0.6) is 0 Å². The van der Waals surface area contributed by atoms with Gasteiger partial charge in [-0.15, -0.1) is 0 Å². The lowest BCUT2D eigenvalue weighted by Gasteiger charge is -2.33. The van der Waals surface area contributed by atoms with E-state index in [0.29, 0.717) is 5.56 Å². The predicted molar refractivity (Wildman–Crippen MR) is 69.1 cm³/mol. The number of rotatable bonds is 2. The monoisotopic (exact) mass is 233 g/mol. The Morgan fingerprint density at radius 2 is 2.00 bits per heavy atom. The molecule has 0 atom stereocenters. The van der Waals surface area contributed by atoms with Crippen LogP contribution in [-0.4, -0.2) is 25.0 Å². The van der Waals surface area contributed by atoms with Crippen LogP contribution in [0.1, 0.15) is 28.8 Å². The highest BCUT2D eigenvalue weighted by atomic mass is 16.1. The molecule has 92 valence electrons. The lowest BCUT2D eigenvalue weighted by molar-refractivity contribution is 0.100. The number of hydrogen-bond acceptors (Lipinski definition) is 3. The first-order valence-corrected chi connectivity index (χ1v) is 5.99. The van der Waals surface area contributed by atoms with Crippen molar-refractivity contribution >= 4 is 11.6 Å². The zero-order valence-electron chi connectivity index (χ0n) is 10.1. The minimum atomic E-state index is -0.366. The number of anilines is 1. The second kappa shape index (κ2) is 4.75. The van der Waals surface area contributed by atoms with Crippen LogP contribution in [0.15, 0.2) is 18.2 Å². The van der Waals surface area contributed by atoms with Gasteiger partial charge in [0.1, 0.15) is 0 Å². The Hall–Kier alpha value is -1.55. The number of carbonyl (C=O) groups is 1. The van der Waals surface area contributed by atoms with E-state index in [1.807, 2.05) is 25.1 Å². The number of aryl methyl sites for hydroxylation is 1. The van der Waals surface area contributed by atoms with Crippen molar-refractivity contribution in [3.8, 4) is 0 Å². The standard InChI is InChI=1S/C13H19N3O/c1-9-2-3-11(13(15)17)12(8-9)16-6-4-10(14)5-7-16/h2-3,8,10H,4-7,14H2,1H3,(H2,15,17). The molecule has 1 fully saturated rings. The van der Waals surface area contributed by atoms with Crippen molar-refractivity contribution in [3.05, 3.63) is 29.3 Å². The SMILES string of the molecule is Cc1ccc(C(N)=O)c(N2CCC(N)CC2)c1. The van der Waals surface area contributed by atoms with Crippen LogP contribution in [0.25, 0.3) is 0 Å². The maximum Gasteiger partial charge on any atom is 0.250 e. The molecule has 1 aromatic rings. The summed E-state index contributed by atoms with van der Waals surface area (Å²) >= 11 is 0. The van der Waals surface area contributed by atoms with E-state index in [2.05, 4.69) is 4.90 Å². The summed E-state index contributed by atoms with van der Waals surface area (Å²) in [5, 5.41) is 0. The average molecular weight is 233 g/mol. The van der Waals surface area contributed by atoms with Crippen LogP contribution < -0.4 is 16.4 Å². The molecule has 0 unspecified atom stereocenters. The lowest BCUT2D eigenvalue weighted by atomic mass is 10.0. The zero-order valence-corrected chi connectivity index (χ0v) is 10.1. The summed E-state index contributed by atoms with van der Waals surface area (Å²) in [7, 11) is 0. The van der Waals surface area contributed by atoms with Crippen LogP contribution in [0.4, 0.5) is 5.69 Å². The quantitative estimate of drug-likeness (QED) is 0.801. The van der Waals surface area contributed by atoms with E-state index in [9.17, 15) is 4.79 Å². The number of benzene rings is 1. The molecule has 1 aliphatic rings. The number of nitrogens with zero attached hydrogens (tertiary/aromatic N) is 1. The number of hydrogen-bond donors (Lipinski definition) is 2. The van der Waals surface area contributed by atoms with Crippen molar-refractivity contribution in [2.24, 2.45) is 11.5 Å². The molecule has 1 aromatic carbocycles. The molecule has 0 saturated carbocycles. The summed E-state index contributed by atoms with van der Waals surface area (Å²) in [6.45, 7) is 3.81. The molecule has 0 bridgehead atoms. The Balaban J connectivity index is 2.30. The van der Waals surface area contributed by atoms with Gasteiger partial charge < -0.3 is 16.4 Å². The van der Waals surface area contributed by atoms with Crippen LogP contribution in [0.2, 0.25) is 0 Å². The van der Waals surface area contributed by atoms with E-state index in [4.69, 9.17) is 11.5 Å². The Labute approximate surface area is 102 Å². The van der Waals surface area contributed by atoms with E-state index in [1.165, 1.54) is 0 Å². The Morgan fingerprint density at radius 3 is 2.59 bits per heavy atom. The molecule has 4 N–H and O–H groups in total. The fourth-order valence-corrected chi connectivity index (χ4v) is 2.25. The highest BCUT2D eigenvalue weighted by molar-refractivity contribution is 5.98. The first-order valence-electron chi connectivity index (χ1n) is 5.99. The van der Waals surface area contributed by atoms with Crippen molar-refractivity contribution in [2.75, 3.05) is 18.0 Å². The van der Waals surface area contributed by atoms with Crippen molar-refractivity contribution in [2.45, 2.75) is 25.8 Å². The van der Waals surface area contributed by atoms with Crippen LogP contribution >= 0.6 is 0 Å². The molecule has 4 nitrogen and oxygen atoms in total. The molecule has 0 spiro atoms. The summed E-state index contributed by atoms with van der Waals surface area (Å²) in [6.07, 6.45) is 1.93. The summed E-state index contributed by atoms with van der Waals surface area (Å²) in [5.41, 5.74) is 14.0. The summed E-state index contributed by atoms with van der Waals surface area (Å²) < 4.78 is 0. The maximum atomic E-state index is 11.4. The van der Waals surface area contributed by atoms with Gasteiger partial charge in [-0.25, -0.2) is 0 Å². The first kappa shape index (κ1) is 11.9. The third-order valence-electron chi connectivity index (χ3n) is 3.30. The molecular weight excluding hydrogens is 214 g/mol. The number of piperidine rings is 1. The fraction of sp³-hybridized carbons (Fsp3) is 0.462. The molecule has 1 aliphatic heterocycles. The zero-order chi connectivity index (χ0) is 12.4. The van der Waals surface area contributed by atoms with Gasteiger partial charge >= 0.3 is 0 Å². The van der Waals surface area contributed by atoms with Crippen LogP contribution in [-0.2, 0) is 0 Å². The third-order valence-corrected chi connectivity index (χ3v) is 3.30. The van der Waals surface area contributed by atoms with Gasteiger partial charge in [0.2, 0.25) is 0 Å². The Bertz CT molecular complexity index is 423. The molecule has 1 heterocycles. The average Bonchev–Trinajstić information content (AvgIpc) is 2.29. The van der Waals surface area contributed by atoms with E-state index >= 15 is 0 Å². The number of primary amides is 1. The summed E-state index contributed by atoms with van der Waals surface area (Å²) in [4.78, 5) is 13.6. The highest BCUT2D eigenvalue weighted by Crippen LogP contribution is 2.25. The van der Waals surface area contributed by atoms with Gasteiger partial charge in [-0.3, -0.25) is 4.79 Å². The largest absolute Gasteiger partial charge is 0.371 e. The van der Waals surface area contributed by atoms with Gasteiger partial charge in [0.25, 0.3) is 5.91 Å². The van der Waals surface area contributed by atoms with E-state index in [0.717, 1.165) is 37.2 Å². The van der Waals surface area contributed by atoms with E-state index < -0.39 is 0 Å². The molecular formula is C13H19N3O. The maximum absolute atomic E-state index is 11.4. The van der Waals surface area contributed by atoms with E-state index in [-0.39, 0.29) is 11.9 Å². The van der Waals surface area contributed by atoms with Crippen molar-refractivity contribution in [1.82, 2.24) is 0 Å². The highest BCUT2D eigenvalue weighted by Gasteiger charge is 2.20. The Kier molecular flexibility index (Phi) is 3.33. The van der Waals surface area contributed by atoms with Crippen molar-refractivity contribution in [1.29, 1.82) is 0 Å². The molecule has 17 heavy (non-hydrogen) atoms. The van der Waals surface area contributed by atoms with Gasteiger partial charge in [-0.05, 0) is 37.5 Å². The molecule has 1 amide bonds. The normalized spacial score (nSPS) is 17.2. The van der Waals surface area contributed by atoms with Gasteiger partial charge in [-0.1, -0.05) is 6.07 Å². The molecule has 1 saturated heterocycles. The number of carbonyl (C=O) groups excluding carboxylic acids is 1. The van der Waals surface area contributed by atoms with Gasteiger partial charge in [0.05, 0.1) is 5.56 Å². The van der Waals surface area contributed by atoms with Crippen LogP contribution in [0.3, 0.4) is 0 Å². The number of nitrogens with two attached hydrogens (primary N) is 2. The first-order chi connectivity index (χ1) is 8.08. The molecule has 2 rings (SSSR count). The smallest absolute Gasteiger partial charge is 0.250 e. The van der Waals surface area contributed by atoms with Crippen molar-refractivity contribution in [3.63, 3.8) is 0 Å². The minimum Gasteiger partial charge on any atom is -0.371 e. The molecule has 4 heteroatoms. The second-order valence-electron chi connectivity index (χ2n) is 4.71. The molecule has 0 aliphatic carbocycles. The van der Waals surface area contributed by atoms with E-state index in [1.54, 1.807) is 0 Å². The predicted octanol–water partition coefficient (Wildman–Crippen LogP) is 1.02. The molecule has 0 aromatic heterocycles. The van der Waals surface area contributed by atoms with Gasteiger partial charge in [0, 0.05) is 24.8 Å². The molecule has 0 radical (unpaired) electrons. The lowest BCUT2D eigenvalue weighted by Crippen LogP contribution is -2.40. The minimum absolute atomic E-state index is 0.285. The second-order valence-corrected chi connectivity index (χ2v) is 4.71. The summed E-state index contributed by atoms with van der Waals surface area (Å²) in [6, 6.07) is 6.03. The topological polar surface area (TPSA) is 72.4 Å². The Morgan fingerprint density at radius 1 is 1.35 bits per heavy atom. The van der Waals surface area contributed by atoms with Gasteiger partial charge in [0.15, 0.2) is 0 Å². The third kappa shape index (κ3) is 2.58. The number of amides is 1. The summed E-state index contributed by atoms with van der Waals surface area (Å²) in [5.74, 6) is -0.366. The fourth-order valence-electron chi connectivity index (χ4n) is 2.25.